The first kappa shape index (κ1) is 12.1. The van der Waals surface area contributed by atoms with Gasteiger partial charge in [-0.15, -0.1) is 11.3 Å². The van der Waals surface area contributed by atoms with Gasteiger partial charge in [0, 0.05) is 4.88 Å². The van der Waals surface area contributed by atoms with E-state index in [0.717, 1.165) is 12.5 Å². The summed E-state index contributed by atoms with van der Waals surface area (Å²) in [7, 11) is 2.04. The first-order chi connectivity index (χ1) is 7.83. The van der Waals surface area contributed by atoms with Crippen molar-refractivity contribution in [2.75, 3.05) is 13.6 Å². The van der Waals surface area contributed by atoms with Crippen molar-refractivity contribution in [3.63, 3.8) is 0 Å². The molecule has 1 aliphatic carbocycles. The van der Waals surface area contributed by atoms with Crippen molar-refractivity contribution in [1.29, 1.82) is 0 Å². The predicted octanol–water partition coefficient (Wildman–Crippen LogP) is 2.81. The molecular formula is C13H22N2S. The SMILES string of the molecule is CCCCc1nc2c(s1)CCC(CNC)C2. The third-order valence-corrected chi connectivity index (χ3v) is 4.54. The van der Waals surface area contributed by atoms with E-state index in [2.05, 4.69) is 12.2 Å². The van der Waals surface area contributed by atoms with Crippen molar-refractivity contribution < 1.29 is 0 Å². The van der Waals surface area contributed by atoms with Crippen LogP contribution in [-0.2, 0) is 19.3 Å². The molecule has 1 aliphatic rings. The summed E-state index contributed by atoms with van der Waals surface area (Å²) in [5.41, 5.74) is 1.41. The molecule has 16 heavy (non-hydrogen) atoms. The molecule has 0 saturated heterocycles. The second kappa shape index (κ2) is 5.78. The Morgan fingerprint density at radius 3 is 3.12 bits per heavy atom. The third-order valence-electron chi connectivity index (χ3n) is 3.32. The highest BCUT2D eigenvalue weighted by Crippen LogP contribution is 2.30. The molecule has 2 nitrogen and oxygen atoms in total. The van der Waals surface area contributed by atoms with Crippen molar-refractivity contribution in [3.05, 3.63) is 15.6 Å². The van der Waals surface area contributed by atoms with Gasteiger partial charge in [-0.25, -0.2) is 4.98 Å². The summed E-state index contributed by atoms with van der Waals surface area (Å²) < 4.78 is 0. The van der Waals surface area contributed by atoms with E-state index < -0.39 is 0 Å². The Balaban J connectivity index is 1.99. The number of hydrogen-bond acceptors (Lipinski definition) is 3. The van der Waals surface area contributed by atoms with Crippen LogP contribution in [0.2, 0.25) is 0 Å². The fraction of sp³-hybridized carbons (Fsp3) is 0.769. The Hall–Kier alpha value is -0.410. The second-order valence-electron chi connectivity index (χ2n) is 4.75. The van der Waals surface area contributed by atoms with Crippen LogP contribution in [0.15, 0.2) is 0 Å². The number of fused-ring (bicyclic) bond motifs is 1. The largest absolute Gasteiger partial charge is 0.319 e. The lowest BCUT2D eigenvalue weighted by Gasteiger charge is -2.20. The first-order valence-electron chi connectivity index (χ1n) is 6.45. The molecule has 1 heterocycles. The molecule has 0 aromatic carbocycles. The summed E-state index contributed by atoms with van der Waals surface area (Å²) >= 11 is 1.96. The van der Waals surface area contributed by atoms with Gasteiger partial charge in [0.05, 0.1) is 10.7 Å². The van der Waals surface area contributed by atoms with E-state index in [1.165, 1.54) is 49.2 Å². The number of nitrogens with one attached hydrogen (secondary N) is 1. The van der Waals surface area contributed by atoms with Gasteiger partial charge < -0.3 is 5.32 Å². The third kappa shape index (κ3) is 2.83. The lowest BCUT2D eigenvalue weighted by molar-refractivity contribution is 0.438. The van der Waals surface area contributed by atoms with Crippen LogP contribution < -0.4 is 5.32 Å². The van der Waals surface area contributed by atoms with Gasteiger partial charge in [-0.3, -0.25) is 0 Å². The van der Waals surface area contributed by atoms with Gasteiger partial charge in [0.25, 0.3) is 0 Å². The van der Waals surface area contributed by atoms with E-state index in [9.17, 15) is 0 Å². The van der Waals surface area contributed by atoms with Crippen LogP contribution in [0.5, 0.6) is 0 Å². The zero-order valence-electron chi connectivity index (χ0n) is 10.4. The minimum absolute atomic E-state index is 0.804. The van der Waals surface area contributed by atoms with Gasteiger partial charge >= 0.3 is 0 Å². The molecule has 1 N–H and O–H groups in total. The Morgan fingerprint density at radius 1 is 1.50 bits per heavy atom. The van der Waals surface area contributed by atoms with Gasteiger partial charge in [-0.05, 0) is 51.6 Å². The van der Waals surface area contributed by atoms with E-state index in [1.807, 2.05) is 18.4 Å². The number of rotatable bonds is 5. The standard InChI is InChI=1S/C13H22N2S/c1-3-4-5-13-15-11-8-10(9-14-2)6-7-12(11)16-13/h10,14H,3-9H2,1-2H3. The predicted molar refractivity (Wildman–Crippen MR) is 70.2 cm³/mol. The van der Waals surface area contributed by atoms with Gasteiger partial charge in [0.1, 0.15) is 0 Å². The fourth-order valence-electron chi connectivity index (χ4n) is 2.40. The zero-order chi connectivity index (χ0) is 11.4. The van der Waals surface area contributed by atoms with E-state index in [-0.39, 0.29) is 0 Å². The van der Waals surface area contributed by atoms with Gasteiger partial charge in [-0.1, -0.05) is 13.3 Å². The molecule has 1 unspecified atom stereocenters. The Morgan fingerprint density at radius 2 is 2.38 bits per heavy atom. The summed E-state index contributed by atoms with van der Waals surface area (Å²) in [5, 5.41) is 4.66. The van der Waals surface area contributed by atoms with Crippen LogP contribution in [0.4, 0.5) is 0 Å². The summed E-state index contributed by atoms with van der Waals surface area (Å²) in [6, 6.07) is 0. The number of thiazole rings is 1. The molecular weight excluding hydrogens is 216 g/mol. The normalized spacial score (nSPS) is 19.8. The molecule has 0 bridgehead atoms. The molecule has 90 valence electrons. The Bertz CT molecular complexity index is 333. The van der Waals surface area contributed by atoms with Crippen molar-refractivity contribution in [1.82, 2.24) is 10.3 Å². The number of hydrogen-bond donors (Lipinski definition) is 1. The van der Waals surface area contributed by atoms with Crippen molar-refractivity contribution in [2.24, 2.45) is 5.92 Å². The quantitative estimate of drug-likeness (QED) is 0.853. The summed E-state index contributed by atoms with van der Waals surface area (Å²) in [6.07, 6.45) is 7.53. The Kier molecular flexibility index (Phi) is 4.36. The highest BCUT2D eigenvalue weighted by molar-refractivity contribution is 7.11. The molecule has 2 rings (SSSR count). The highest BCUT2D eigenvalue weighted by atomic mass is 32.1. The maximum Gasteiger partial charge on any atom is 0.0931 e. The van der Waals surface area contributed by atoms with Gasteiger partial charge in [-0.2, -0.15) is 0 Å². The van der Waals surface area contributed by atoms with Crippen LogP contribution in [-0.4, -0.2) is 18.6 Å². The van der Waals surface area contributed by atoms with E-state index in [0.29, 0.717) is 0 Å². The van der Waals surface area contributed by atoms with Crippen molar-refractivity contribution in [3.8, 4) is 0 Å². The summed E-state index contributed by atoms with van der Waals surface area (Å²) in [6.45, 7) is 3.39. The number of unbranched alkanes of at least 4 members (excludes halogenated alkanes) is 1. The molecule has 0 aliphatic heterocycles. The molecule has 1 aromatic heterocycles. The fourth-order valence-corrected chi connectivity index (χ4v) is 3.55. The molecule has 1 aromatic rings. The van der Waals surface area contributed by atoms with Crippen molar-refractivity contribution in [2.45, 2.75) is 45.4 Å². The first-order valence-corrected chi connectivity index (χ1v) is 7.27. The smallest absolute Gasteiger partial charge is 0.0931 e. The van der Waals surface area contributed by atoms with Crippen LogP contribution >= 0.6 is 11.3 Å². The van der Waals surface area contributed by atoms with Crippen LogP contribution in [0.1, 0.15) is 41.8 Å². The average molecular weight is 238 g/mol. The number of aromatic nitrogens is 1. The molecule has 0 radical (unpaired) electrons. The molecule has 0 fully saturated rings. The monoisotopic (exact) mass is 238 g/mol. The van der Waals surface area contributed by atoms with Crippen LogP contribution in [0.3, 0.4) is 0 Å². The van der Waals surface area contributed by atoms with Gasteiger partial charge in [0.2, 0.25) is 0 Å². The van der Waals surface area contributed by atoms with E-state index >= 15 is 0 Å². The molecule has 1 atom stereocenters. The minimum atomic E-state index is 0.804. The van der Waals surface area contributed by atoms with Crippen molar-refractivity contribution >= 4 is 11.3 Å². The van der Waals surface area contributed by atoms with Crippen LogP contribution in [0.25, 0.3) is 0 Å². The maximum absolute atomic E-state index is 4.81. The lowest BCUT2D eigenvalue weighted by atomic mass is 9.91. The minimum Gasteiger partial charge on any atom is -0.319 e. The van der Waals surface area contributed by atoms with E-state index in [4.69, 9.17) is 4.98 Å². The van der Waals surface area contributed by atoms with Crippen LogP contribution in [0, 0.1) is 5.92 Å². The molecule has 0 amide bonds. The summed E-state index contributed by atoms with van der Waals surface area (Å²) in [5.74, 6) is 0.804. The maximum atomic E-state index is 4.81. The van der Waals surface area contributed by atoms with E-state index in [1.54, 1.807) is 4.88 Å². The number of nitrogens with zero attached hydrogens (tertiary/aromatic N) is 1. The topological polar surface area (TPSA) is 24.9 Å². The molecule has 0 saturated carbocycles. The second-order valence-corrected chi connectivity index (χ2v) is 5.92. The Labute approximate surface area is 102 Å². The lowest BCUT2D eigenvalue weighted by Crippen LogP contribution is -2.24. The van der Waals surface area contributed by atoms with Gasteiger partial charge in [0.15, 0.2) is 0 Å². The molecule has 0 spiro atoms. The zero-order valence-corrected chi connectivity index (χ0v) is 11.2. The molecule has 3 heteroatoms. The summed E-state index contributed by atoms with van der Waals surface area (Å²) in [4.78, 5) is 6.38. The average Bonchev–Trinajstić information content (AvgIpc) is 2.68. The number of aryl methyl sites for hydroxylation is 2. The highest BCUT2D eigenvalue weighted by Gasteiger charge is 2.21.